The summed E-state index contributed by atoms with van der Waals surface area (Å²) in [4.78, 5) is 14.9. The van der Waals surface area contributed by atoms with Crippen LogP contribution in [0, 0.1) is 0 Å². The Hall–Kier alpha value is -3.12. The molecular formula is C26H28ClN3O3. The van der Waals surface area contributed by atoms with Crippen molar-refractivity contribution in [3.63, 3.8) is 0 Å². The van der Waals surface area contributed by atoms with Crippen molar-refractivity contribution in [1.29, 1.82) is 0 Å². The van der Waals surface area contributed by atoms with E-state index in [0.29, 0.717) is 22.9 Å². The first kappa shape index (κ1) is 21.7. The van der Waals surface area contributed by atoms with Crippen LogP contribution in [-0.4, -0.2) is 25.0 Å². The van der Waals surface area contributed by atoms with Crippen LogP contribution in [0.15, 0.2) is 53.2 Å². The topological polar surface area (TPSA) is 66.7 Å². The molecule has 5 rings (SSSR count). The van der Waals surface area contributed by atoms with Crippen molar-refractivity contribution >= 4 is 34.2 Å². The van der Waals surface area contributed by atoms with E-state index in [4.69, 9.17) is 20.8 Å². The van der Waals surface area contributed by atoms with Crippen LogP contribution < -0.4 is 15.4 Å². The Balaban J connectivity index is 1.53. The summed E-state index contributed by atoms with van der Waals surface area (Å²) in [5.74, 6) is 1.62. The van der Waals surface area contributed by atoms with Gasteiger partial charge in [0.05, 0.1) is 29.2 Å². The zero-order chi connectivity index (χ0) is 23.2. The second-order valence-corrected chi connectivity index (χ2v) is 9.43. The zero-order valence-corrected chi connectivity index (χ0v) is 19.7. The summed E-state index contributed by atoms with van der Waals surface area (Å²) in [7, 11) is 3.40. The van der Waals surface area contributed by atoms with E-state index in [0.717, 1.165) is 59.5 Å². The molecule has 1 aromatic heterocycles. The van der Waals surface area contributed by atoms with Gasteiger partial charge in [0.25, 0.3) is 5.91 Å². The Kier molecular flexibility index (Phi) is 5.49. The molecule has 3 aromatic rings. The SMILES string of the molecule is C=C1Nc2c(Cl)cc3cc(C(=O)N(C)Cc4cccc(OC)c4)oc3c2C2(CCCCC2)N1. The molecule has 0 saturated heterocycles. The molecule has 2 aromatic carbocycles. The average Bonchev–Trinajstić information content (AvgIpc) is 3.22. The molecule has 2 heterocycles. The lowest BCUT2D eigenvalue weighted by molar-refractivity contribution is 0.0755. The van der Waals surface area contributed by atoms with E-state index in [2.05, 4.69) is 17.2 Å². The van der Waals surface area contributed by atoms with Crippen LogP contribution >= 0.6 is 11.6 Å². The molecule has 0 unspecified atom stereocenters. The fourth-order valence-electron chi connectivity index (χ4n) is 5.20. The lowest BCUT2D eigenvalue weighted by Crippen LogP contribution is -2.48. The van der Waals surface area contributed by atoms with E-state index in [1.54, 1.807) is 25.1 Å². The van der Waals surface area contributed by atoms with Crippen molar-refractivity contribution in [3.05, 3.63) is 70.7 Å². The maximum absolute atomic E-state index is 13.3. The number of nitrogens with zero attached hydrogens (tertiary/aromatic N) is 1. The van der Waals surface area contributed by atoms with E-state index in [1.807, 2.05) is 30.3 Å². The summed E-state index contributed by atoms with van der Waals surface area (Å²) in [5, 5.41) is 8.31. The number of furan rings is 1. The van der Waals surface area contributed by atoms with E-state index in [9.17, 15) is 4.79 Å². The highest BCUT2D eigenvalue weighted by Crippen LogP contribution is 2.49. The van der Waals surface area contributed by atoms with Gasteiger partial charge >= 0.3 is 0 Å². The lowest BCUT2D eigenvalue weighted by atomic mass is 9.74. The molecule has 172 valence electrons. The third-order valence-corrected chi connectivity index (χ3v) is 7.02. The van der Waals surface area contributed by atoms with Crippen molar-refractivity contribution in [1.82, 2.24) is 10.2 Å². The standard InChI is InChI=1S/C26H28ClN3O3/c1-16-28-23-20(27)13-18-14-21(25(31)30(2)15-17-8-7-9-19(12-17)32-3)33-24(18)22(23)26(29-16)10-5-4-6-11-26/h7-9,12-14,28-29H,1,4-6,10-11,15H2,2-3H3. The first-order chi connectivity index (χ1) is 15.9. The summed E-state index contributed by atoms with van der Waals surface area (Å²) in [6.07, 6.45) is 5.37. The number of ether oxygens (including phenoxy) is 1. The highest BCUT2D eigenvalue weighted by molar-refractivity contribution is 6.34. The monoisotopic (exact) mass is 465 g/mol. The van der Waals surface area contributed by atoms with Crippen molar-refractivity contribution in [2.45, 2.75) is 44.2 Å². The molecule has 2 N–H and O–H groups in total. The minimum absolute atomic E-state index is 0.183. The van der Waals surface area contributed by atoms with Gasteiger partial charge in [-0.05, 0) is 42.7 Å². The Bertz CT molecular complexity index is 1240. The number of rotatable bonds is 4. The fraction of sp³-hybridized carbons (Fsp3) is 0.346. The van der Waals surface area contributed by atoms with Gasteiger partial charge in [0.2, 0.25) is 0 Å². The maximum atomic E-state index is 13.3. The van der Waals surface area contributed by atoms with Crippen LogP contribution in [0.25, 0.3) is 11.0 Å². The highest BCUT2D eigenvalue weighted by Gasteiger charge is 2.42. The van der Waals surface area contributed by atoms with Gasteiger partial charge < -0.3 is 24.7 Å². The summed E-state index contributed by atoms with van der Waals surface area (Å²) >= 11 is 6.70. The molecule has 1 fully saturated rings. The van der Waals surface area contributed by atoms with Gasteiger partial charge in [0.1, 0.15) is 11.3 Å². The summed E-state index contributed by atoms with van der Waals surface area (Å²) < 4.78 is 11.6. The third kappa shape index (κ3) is 3.82. The molecule has 1 aliphatic carbocycles. The molecule has 0 radical (unpaired) electrons. The van der Waals surface area contributed by atoms with Crippen LogP contribution in [0.5, 0.6) is 5.75 Å². The summed E-state index contributed by atoms with van der Waals surface area (Å²) in [6, 6.07) is 11.4. The fourth-order valence-corrected chi connectivity index (χ4v) is 5.46. The van der Waals surface area contributed by atoms with E-state index in [-0.39, 0.29) is 11.4 Å². The quantitative estimate of drug-likeness (QED) is 0.493. The molecule has 6 nitrogen and oxygen atoms in total. The number of hydrogen-bond acceptors (Lipinski definition) is 5. The Morgan fingerprint density at radius 2 is 2.03 bits per heavy atom. The number of fused-ring (bicyclic) bond motifs is 4. The second-order valence-electron chi connectivity index (χ2n) is 9.02. The molecule has 1 amide bonds. The Labute approximate surface area is 198 Å². The van der Waals surface area contributed by atoms with Crippen molar-refractivity contribution in [3.8, 4) is 5.75 Å². The Morgan fingerprint density at radius 3 is 2.79 bits per heavy atom. The van der Waals surface area contributed by atoms with Crippen LogP contribution in [-0.2, 0) is 12.1 Å². The van der Waals surface area contributed by atoms with E-state index < -0.39 is 0 Å². The van der Waals surface area contributed by atoms with Gasteiger partial charge in [0.15, 0.2) is 5.76 Å². The molecule has 2 aliphatic rings. The van der Waals surface area contributed by atoms with Gasteiger partial charge in [-0.1, -0.05) is 49.6 Å². The van der Waals surface area contributed by atoms with Crippen molar-refractivity contribution in [2.24, 2.45) is 0 Å². The predicted molar refractivity (Wildman–Crippen MR) is 131 cm³/mol. The van der Waals surface area contributed by atoms with Crippen LogP contribution in [0.1, 0.15) is 53.8 Å². The second kappa shape index (κ2) is 8.34. The first-order valence-corrected chi connectivity index (χ1v) is 11.7. The van der Waals surface area contributed by atoms with Crippen LogP contribution in [0.3, 0.4) is 0 Å². The number of anilines is 1. The molecule has 7 heteroatoms. The number of carbonyl (C=O) groups excluding carboxylic acids is 1. The number of nitrogens with one attached hydrogen (secondary N) is 2. The molecule has 1 spiro atoms. The van der Waals surface area contributed by atoms with Gasteiger partial charge in [-0.15, -0.1) is 0 Å². The summed E-state index contributed by atoms with van der Waals surface area (Å²) in [5.41, 5.74) is 3.24. The number of carbonyl (C=O) groups is 1. The molecule has 0 atom stereocenters. The van der Waals surface area contributed by atoms with E-state index >= 15 is 0 Å². The normalized spacial score (nSPS) is 16.8. The van der Waals surface area contributed by atoms with Crippen molar-refractivity contribution < 1.29 is 13.9 Å². The minimum atomic E-state index is -0.288. The first-order valence-electron chi connectivity index (χ1n) is 11.3. The molecule has 0 bridgehead atoms. The number of hydrogen-bond donors (Lipinski definition) is 2. The van der Waals surface area contributed by atoms with Crippen LogP contribution in [0.4, 0.5) is 5.69 Å². The third-order valence-electron chi connectivity index (χ3n) is 6.72. The van der Waals surface area contributed by atoms with Crippen LogP contribution in [0.2, 0.25) is 5.02 Å². The smallest absolute Gasteiger partial charge is 0.289 e. The number of halogens is 1. The van der Waals surface area contributed by atoms with E-state index in [1.165, 1.54) is 6.42 Å². The molecule has 1 saturated carbocycles. The number of methoxy groups -OCH3 is 1. The number of amides is 1. The summed E-state index contributed by atoms with van der Waals surface area (Å²) in [6.45, 7) is 4.55. The lowest BCUT2D eigenvalue weighted by Gasteiger charge is -2.44. The predicted octanol–water partition coefficient (Wildman–Crippen LogP) is 6.01. The number of benzene rings is 2. The highest BCUT2D eigenvalue weighted by atomic mass is 35.5. The van der Waals surface area contributed by atoms with Gasteiger partial charge in [0, 0.05) is 24.5 Å². The zero-order valence-electron chi connectivity index (χ0n) is 19.0. The van der Waals surface area contributed by atoms with Crippen molar-refractivity contribution in [2.75, 3.05) is 19.5 Å². The largest absolute Gasteiger partial charge is 0.497 e. The minimum Gasteiger partial charge on any atom is -0.497 e. The molecule has 1 aliphatic heterocycles. The van der Waals surface area contributed by atoms with Gasteiger partial charge in [-0.2, -0.15) is 0 Å². The Morgan fingerprint density at radius 1 is 1.24 bits per heavy atom. The molecular weight excluding hydrogens is 438 g/mol. The average molecular weight is 466 g/mol. The van der Waals surface area contributed by atoms with Gasteiger partial charge in [-0.3, -0.25) is 4.79 Å². The van der Waals surface area contributed by atoms with Gasteiger partial charge in [-0.25, -0.2) is 0 Å². The molecule has 33 heavy (non-hydrogen) atoms. The maximum Gasteiger partial charge on any atom is 0.289 e.